The van der Waals surface area contributed by atoms with Gasteiger partial charge in [0.15, 0.2) is 0 Å². The molecule has 0 aromatic rings. The quantitative estimate of drug-likeness (QED) is 0.803. The molecule has 0 aromatic carbocycles. The lowest BCUT2D eigenvalue weighted by molar-refractivity contribution is -0.135. The summed E-state index contributed by atoms with van der Waals surface area (Å²) in [5.74, 6) is 3.42. The topological polar surface area (TPSA) is 46.3 Å². The smallest absolute Gasteiger partial charge is 0.226 e. The Kier molecular flexibility index (Phi) is 4.88. The van der Waals surface area contributed by atoms with Gasteiger partial charge in [0.25, 0.3) is 0 Å². The van der Waals surface area contributed by atoms with E-state index in [4.69, 9.17) is 5.73 Å². The molecule has 19 heavy (non-hydrogen) atoms. The summed E-state index contributed by atoms with van der Waals surface area (Å²) in [7, 11) is 1.97. The molecular formula is C16H30N2O. The molecule has 3 nitrogen and oxygen atoms in total. The van der Waals surface area contributed by atoms with E-state index >= 15 is 0 Å². The average Bonchev–Trinajstić information content (AvgIpc) is 2.96. The monoisotopic (exact) mass is 266 g/mol. The highest BCUT2D eigenvalue weighted by Gasteiger charge is 2.40. The van der Waals surface area contributed by atoms with Crippen LogP contribution in [0.4, 0.5) is 0 Å². The van der Waals surface area contributed by atoms with Crippen molar-refractivity contribution in [2.45, 2.75) is 46.0 Å². The first kappa shape index (κ1) is 14.8. The number of nitrogens with zero attached hydrogens (tertiary/aromatic N) is 1. The van der Waals surface area contributed by atoms with Gasteiger partial charge in [-0.3, -0.25) is 4.79 Å². The van der Waals surface area contributed by atoms with Gasteiger partial charge in [-0.25, -0.2) is 0 Å². The van der Waals surface area contributed by atoms with Crippen molar-refractivity contribution in [3.8, 4) is 0 Å². The van der Waals surface area contributed by atoms with Gasteiger partial charge in [0.05, 0.1) is 5.92 Å². The second kappa shape index (κ2) is 6.25. The van der Waals surface area contributed by atoms with Crippen molar-refractivity contribution in [1.29, 1.82) is 0 Å². The van der Waals surface area contributed by atoms with E-state index < -0.39 is 0 Å². The maximum Gasteiger partial charge on any atom is 0.226 e. The molecule has 2 aliphatic rings. The molecule has 0 aliphatic heterocycles. The summed E-state index contributed by atoms with van der Waals surface area (Å²) in [6.45, 7) is 5.75. The molecule has 2 aliphatic carbocycles. The predicted molar refractivity (Wildman–Crippen MR) is 78.6 cm³/mol. The van der Waals surface area contributed by atoms with Gasteiger partial charge in [-0.1, -0.05) is 20.3 Å². The Labute approximate surface area is 117 Å². The molecule has 0 heterocycles. The van der Waals surface area contributed by atoms with Crippen molar-refractivity contribution in [3.63, 3.8) is 0 Å². The molecular weight excluding hydrogens is 236 g/mol. The predicted octanol–water partition coefficient (Wildman–Crippen LogP) is 2.50. The molecule has 4 atom stereocenters. The molecule has 0 aromatic heterocycles. The highest BCUT2D eigenvalue weighted by atomic mass is 16.2. The average molecular weight is 266 g/mol. The molecule has 0 spiro atoms. The van der Waals surface area contributed by atoms with Gasteiger partial charge in [-0.2, -0.15) is 0 Å². The molecule has 2 bridgehead atoms. The molecule has 2 N–H and O–H groups in total. The first-order valence-electron chi connectivity index (χ1n) is 7.96. The van der Waals surface area contributed by atoms with E-state index in [-0.39, 0.29) is 11.8 Å². The third-order valence-corrected chi connectivity index (χ3v) is 5.16. The maximum atomic E-state index is 12.4. The summed E-state index contributed by atoms with van der Waals surface area (Å²) in [6.07, 6.45) is 6.50. The molecule has 0 saturated heterocycles. The van der Waals surface area contributed by atoms with Gasteiger partial charge in [-0.15, -0.1) is 0 Å². The third kappa shape index (κ3) is 3.50. The van der Waals surface area contributed by atoms with E-state index in [0.29, 0.717) is 12.5 Å². The number of carbonyl (C=O) groups is 1. The largest absolute Gasteiger partial charge is 0.345 e. The van der Waals surface area contributed by atoms with Gasteiger partial charge >= 0.3 is 0 Å². The second-order valence-electron chi connectivity index (χ2n) is 7.22. The fraction of sp³-hybridized carbons (Fsp3) is 0.938. The fourth-order valence-corrected chi connectivity index (χ4v) is 4.22. The first-order chi connectivity index (χ1) is 9.01. The number of rotatable bonds is 6. The van der Waals surface area contributed by atoms with Gasteiger partial charge in [0, 0.05) is 20.1 Å². The van der Waals surface area contributed by atoms with Crippen molar-refractivity contribution in [1.82, 2.24) is 4.90 Å². The van der Waals surface area contributed by atoms with Crippen molar-refractivity contribution >= 4 is 5.91 Å². The molecule has 4 unspecified atom stereocenters. The lowest BCUT2D eigenvalue weighted by atomic mass is 9.88. The second-order valence-corrected chi connectivity index (χ2v) is 7.22. The van der Waals surface area contributed by atoms with Crippen LogP contribution in [0.25, 0.3) is 0 Å². The van der Waals surface area contributed by atoms with Crippen LogP contribution in [-0.4, -0.2) is 30.9 Å². The van der Waals surface area contributed by atoms with Crippen LogP contribution in [0.15, 0.2) is 0 Å². The van der Waals surface area contributed by atoms with E-state index in [1.54, 1.807) is 0 Å². The Hall–Kier alpha value is -0.570. The SMILES string of the molecule is CC(C)CC(CN)C(=O)N(C)CC1CC2CCC1C2. The normalized spacial score (nSPS) is 30.9. The number of amides is 1. The Morgan fingerprint density at radius 2 is 2.05 bits per heavy atom. The van der Waals surface area contributed by atoms with Crippen LogP contribution in [0.2, 0.25) is 0 Å². The van der Waals surface area contributed by atoms with Gasteiger partial charge < -0.3 is 10.6 Å². The number of nitrogens with two attached hydrogens (primary N) is 1. The lowest BCUT2D eigenvalue weighted by Crippen LogP contribution is -2.40. The Morgan fingerprint density at radius 3 is 2.53 bits per heavy atom. The van der Waals surface area contributed by atoms with Gasteiger partial charge in [-0.05, 0) is 49.4 Å². The molecule has 0 radical (unpaired) electrons. The van der Waals surface area contributed by atoms with Crippen molar-refractivity contribution in [2.75, 3.05) is 20.1 Å². The third-order valence-electron chi connectivity index (χ3n) is 5.16. The number of hydrogen-bond donors (Lipinski definition) is 1. The molecule has 2 rings (SSSR count). The van der Waals surface area contributed by atoms with Crippen molar-refractivity contribution in [2.24, 2.45) is 35.3 Å². The Balaban J connectivity index is 1.84. The zero-order valence-corrected chi connectivity index (χ0v) is 12.8. The summed E-state index contributed by atoms with van der Waals surface area (Å²) < 4.78 is 0. The highest BCUT2D eigenvalue weighted by molar-refractivity contribution is 5.78. The minimum absolute atomic E-state index is 0.0172. The van der Waals surface area contributed by atoms with Crippen molar-refractivity contribution in [3.05, 3.63) is 0 Å². The Bertz CT molecular complexity index is 316. The zero-order chi connectivity index (χ0) is 14.0. The number of carbonyl (C=O) groups excluding carboxylic acids is 1. The molecule has 2 fully saturated rings. The lowest BCUT2D eigenvalue weighted by Gasteiger charge is -2.30. The van der Waals surface area contributed by atoms with Crippen LogP contribution >= 0.6 is 0 Å². The highest BCUT2D eigenvalue weighted by Crippen LogP contribution is 2.48. The van der Waals surface area contributed by atoms with Crippen LogP contribution in [0.1, 0.15) is 46.0 Å². The van der Waals surface area contributed by atoms with Gasteiger partial charge in [0.1, 0.15) is 0 Å². The summed E-state index contributed by atoms with van der Waals surface area (Å²) in [5, 5.41) is 0. The van der Waals surface area contributed by atoms with Crippen LogP contribution < -0.4 is 5.73 Å². The minimum Gasteiger partial charge on any atom is -0.345 e. The van der Waals surface area contributed by atoms with E-state index in [1.807, 2.05) is 11.9 Å². The standard InChI is InChI=1S/C16H30N2O/c1-11(2)6-14(9-17)16(19)18(3)10-15-8-12-4-5-13(15)7-12/h11-15H,4-10,17H2,1-3H3. The van der Waals surface area contributed by atoms with Crippen molar-refractivity contribution < 1.29 is 4.79 Å². The van der Waals surface area contributed by atoms with Crippen LogP contribution in [0.3, 0.4) is 0 Å². The summed E-state index contributed by atoms with van der Waals surface area (Å²) in [4.78, 5) is 14.4. The van der Waals surface area contributed by atoms with E-state index in [1.165, 1.54) is 25.7 Å². The summed E-state index contributed by atoms with van der Waals surface area (Å²) >= 11 is 0. The summed E-state index contributed by atoms with van der Waals surface area (Å²) in [6, 6.07) is 0. The zero-order valence-electron chi connectivity index (χ0n) is 12.8. The van der Waals surface area contributed by atoms with Gasteiger partial charge in [0.2, 0.25) is 5.91 Å². The number of hydrogen-bond acceptors (Lipinski definition) is 2. The van der Waals surface area contributed by atoms with E-state index in [9.17, 15) is 4.79 Å². The molecule has 3 heteroatoms. The first-order valence-corrected chi connectivity index (χ1v) is 7.96. The fourth-order valence-electron chi connectivity index (χ4n) is 4.22. The maximum absolute atomic E-state index is 12.4. The van der Waals surface area contributed by atoms with E-state index in [2.05, 4.69) is 13.8 Å². The van der Waals surface area contributed by atoms with Crippen LogP contribution in [-0.2, 0) is 4.79 Å². The van der Waals surface area contributed by atoms with Crippen LogP contribution in [0, 0.1) is 29.6 Å². The molecule has 2 saturated carbocycles. The summed E-state index contributed by atoms with van der Waals surface area (Å²) in [5.41, 5.74) is 5.78. The molecule has 110 valence electrons. The minimum atomic E-state index is 0.0172. The van der Waals surface area contributed by atoms with E-state index in [0.717, 1.165) is 30.7 Å². The molecule has 1 amide bonds. The number of fused-ring (bicyclic) bond motifs is 2. The Morgan fingerprint density at radius 1 is 1.32 bits per heavy atom. The van der Waals surface area contributed by atoms with Crippen LogP contribution in [0.5, 0.6) is 0 Å².